The Balaban J connectivity index is 1.81. The van der Waals surface area contributed by atoms with Crippen molar-refractivity contribution < 1.29 is 0 Å². The van der Waals surface area contributed by atoms with Crippen molar-refractivity contribution in [1.29, 1.82) is 0 Å². The van der Waals surface area contributed by atoms with E-state index < -0.39 is 0 Å². The first-order chi connectivity index (χ1) is 9.69. The second-order valence-electron chi connectivity index (χ2n) is 5.19. The van der Waals surface area contributed by atoms with Gasteiger partial charge in [-0.3, -0.25) is 4.68 Å². The minimum Gasteiger partial charge on any atom is -0.305 e. The Bertz CT molecular complexity index is 516. The lowest BCUT2D eigenvalue weighted by Crippen LogP contribution is -2.31. The molecule has 20 heavy (non-hydrogen) atoms. The van der Waals surface area contributed by atoms with Crippen molar-refractivity contribution in [3.63, 3.8) is 0 Å². The first kappa shape index (κ1) is 14.6. The Hall–Kier alpha value is -1.76. The Morgan fingerprint density at radius 2 is 2.25 bits per heavy atom. The Kier molecular flexibility index (Phi) is 5.23. The van der Waals surface area contributed by atoms with Gasteiger partial charge in [-0.05, 0) is 36.3 Å². The van der Waals surface area contributed by atoms with Gasteiger partial charge in [-0.15, -0.1) is 5.10 Å². The van der Waals surface area contributed by atoms with Gasteiger partial charge < -0.3 is 5.32 Å². The molecule has 2 rings (SSSR count). The number of aromatic nitrogens is 6. The molecule has 1 N–H and O–H groups in total. The molecule has 0 aromatic carbocycles. The summed E-state index contributed by atoms with van der Waals surface area (Å²) in [7, 11) is 0. The first-order valence-electron chi connectivity index (χ1n) is 7.16. The lowest BCUT2D eigenvalue weighted by molar-refractivity contribution is 0.433. The summed E-state index contributed by atoms with van der Waals surface area (Å²) in [4.78, 5) is 0. The SMILES string of the molecule is CCCCn1nnnc1CN[C@@H](C)Cn1cc(C)cn1. The van der Waals surface area contributed by atoms with Crippen molar-refractivity contribution in [2.75, 3.05) is 0 Å². The van der Waals surface area contributed by atoms with Gasteiger partial charge in [0.25, 0.3) is 0 Å². The number of nitrogens with one attached hydrogen (secondary N) is 1. The van der Waals surface area contributed by atoms with Gasteiger partial charge in [0.05, 0.1) is 19.3 Å². The van der Waals surface area contributed by atoms with Crippen molar-refractivity contribution >= 4 is 0 Å². The number of unbranched alkanes of at least 4 members (excludes halogenated alkanes) is 1. The predicted molar refractivity (Wildman–Crippen MR) is 76.0 cm³/mol. The van der Waals surface area contributed by atoms with E-state index in [1.165, 1.54) is 5.56 Å². The third-order valence-electron chi connectivity index (χ3n) is 3.16. The summed E-state index contributed by atoms with van der Waals surface area (Å²) in [5, 5.41) is 19.6. The molecule has 0 bridgehead atoms. The van der Waals surface area contributed by atoms with Crippen LogP contribution in [-0.2, 0) is 19.6 Å². The van der Waals surface area contributed by atoms with Crippen LogP contribution in [0.1, 0.15) is 38.1 Å². The number of nitrogens with zero attached hydrogens (tertiary/aromatic N) is 6. The van der Waals surface area contributed by atoms with Crippen LogP contribution in [0.5, 0.6) is 0 Å². The summed E-state index contributed by atoms with van der Waals surface area (Å²) >= 11 is 0. The lowest BCUT2D eigenvalue weighted by Gasteiger charge is -2.13. The molecule has 0 aliphatic rings. The number of hydrogen-bond acceptors (Lipinski definition) is 5. The van der Waals surface area contributed by atoms with Crippen LogP contribution in [0, 0.1) is 6.92 Å². The quantitative estimate of drug-likeness (QED) is 0.783. The second kappa shape index (κ2) is 7.14. The van der Waals surface area contributed by atoms with Gasteiger partial charge in [-0.25, -0.2) is 4.68 Å². The summed E-state index contributed by atoms with van der Waals surface area (Å²) in [6, 6.07) is 0.311. The van der Waals surface area contributed by atoms with Crippen LogP contribution >= 0.6 is 0 Å². The number of hydrogen-bond donors (Lipinski definition) is 1. The molecule has 2 aromatic heterocycles. The zero-order chi connectivity index (χ0) is 14.4. The van der Waals surface area contributed by atoms with Crippen molar-refractivity contribution in [2.24, 2.45) is 0 Å². The van der Waals surface area contributed by atoms with Gasteiger partial charge in [-0.2, -0.15) is 5.10 Å². The van der Waals surface area contributed by atoms with Gasteiger partial charge in [-0.1, -0.05) is 13.3 Å². The minimum atomic E-state index is 0.311. The topological polar surface area (TPSA) is 73.5 Å². The zero-order valence-corrected chi connectivity index (χ0v) is 12.5. The molecule has 0 saturated heterocycles. The number of aryl methyl sites for hydroxylation is 2. The summed E-state index contributed by atoms with van der Waals surface area (Å²) in [5.74, 6) is 0.891. The molecular weight excluding hydrogens is 254 g/mol. The molecule has 7 nitrogen and oxygen atoms in total. The molecule has 0 amide bonds. The molecule has 2 heterocycles. The predicted octanol–water partition coefficient (Wildman–Crippen LogP) is 1.16. The van der Waals surface area contributed by atoms with Gasteiger partial charge in [0.1, 0.15) is 0 Å². The molecule has 0 aliphatic heterocycles. The van der Waals surface area contributed by atoms with E-state index in [4.69, 9.17) is 0 Å². The van der Waals surface area contributed by atoms with Crippen LogP contribution in [0.15, 0.2) is 12.4 Å². The summed E-state index contributed by atoms with van der Waals surface area (Å²) in [6.07, 6.45) is 6.16. The number of rotatable bonds is 8. The molecule has 0 unspecified atom stereocenters. The fourth-order valence-electron chi connectivity index (χ4n) is 2.01. The van der Waals surface area contributed by atoms with Gasteiger partial charge >= 0.3 is 0 Å². The molecule has 110 valence electrons. The van der Waals surface area contributed by atoms with Gasteiger partial charge in [0, 0.05) is 18.8 Å². The average Bonchev–Trinajstić information content (AvgIpc) is 3.03. The molecule has 0 spiro atoms. The maximum absolute atomic E-state index is 4.29. The molecule has 7 heteroatoms. The summed E-state index contributed by atoms with van der Waals surface area (Å²) in [5.41, 5.74) is 1.18. The van der Waals surface area contributed by atoms with Gasteiger partial charge in [0.15, 0.2) is 5.82 Å². The van der Waals surface area contributed by atoms with Crippen molar-refractivity contribution in [3.05, 3.63) is 23.8 Å². The van der Waals surface area contributed by atoms with Crippen LogP contribution < -0.4 is 5.32 Å². The Labute approximate surface area is 119 Å². The summed E-state index contributed by atoms with van der Waals surface area (Å²) < 4.78 is 3.83. The Morgan fingerprint density at radius 3 is 2.95 bits per heavy atom. The standard InChI is InChI=1S/C13H23N7/c1-4-5-6-20-13(16-17-18-20)8-14-12(3)10-19-9-11(2)7-15-19/h7,9,12,14H,4-6,8,10H2,1-3H3/t12-/m0/s1. The molecule has 0 saturated carbocycles. The third kappa shape index (κ3) is 4.12. The van der Waals surface area contributed by atoms with Crippen LogP contribution in [0.4, 0.5) is 0 Å². The summed E-state index contributed by atoms with van der Waals surface area (Å²) in [6.45, 7) is 8.74. The Morgan fingerprint density at radius 1 is 1.40 bits per heavy atom. The highest BCUT2D eigenvalue weighted by molar-refractivity contribution is 4.99. The highest BCUT2D eigenvalue weighted by atomic mass is 15.5. The first-order valence-corrected chi connectivity index (χ1v) is 7.16. The van der Waals surface area contributed by atoms with Gasteiger partial charge in [0.2, 0.25) is 0 Å². The monoisotopic (exact) mass is 277 g/mol. The van der Waals surface area contributed by atoms with E-state index in [0.29, 0.717) is 12.6 Å². The van der Waals surface area contributed by atoms with E-state index in [2.05, 4.69) is 39.8 Å². The zero-order valence-electron chi connectivity index (χ0n) is 12.5. The number of tetrazole rings is 1. The highest BCUT2D eigenvalue weighted by Crippen LogP contribution is 1.99. The molecule has 2 aromatic rings. The van der Waals surface area contributed by atoms with E-state index in [1.54, 1.807) is 0 Å². The van der Waals surface area contributed by atoms with E-state index in [1.807, 2.05) is 28.7 Å². The third-order valence-corrected chi connectivity index (χ3v) is 3.16. The molecule has 0 fully saturated rings. The minimum absolute atomic E-state index is 0.311. The molecule has 0 aliphatic carbocycles. The van der Waals surface area contributed by atoms with Crippen LogP contribution in [0.25, 0.3) is 0 Å². The molecule has 1 atom stereocenters. The normalized spacial score (nSPS) is 12.8. The highest BCUT2D eigenvalue weighted by Gasteiger charge is 2.08. The fraction of sp³-hybridized carbons (Fsp3) is 0.692. The van der Waals surface area contributed by atoms with Crippen LogP contribution in [0.3, 0.4) is 0 Å². The lowest BCUT2D eigenvalue weighted by atomic mass is 10.3. The average molecular weight is 277 g/mol. The fourth-order valence-corrected chi connectivity index (χ4v) is 2.01. The van der Waals surface area contributed by atoms with Crippen molar-refractivity contribution in [2.45, 2.75) is 59.3 Å². The van der Waals surface area contributed by atoms with E-state index >= 15 is 0 Å². The largest absolute Gasteiger partial charge is 0.305 e. The van der Waals surface area contributed by atoms with Crippen LogP contribution in [-0.4, -0.2) is 36.0 Å². The van der Waals surface area contributed by atoms with Crippen molar-refractivity contribution in [1.82, 2.24) is 35.3 Å². The maximum atomic E-state index is 4.29. The molecular formula is C13H23N7. The van der Waals surface area contributed by atoms with E-state index in [0.717, 1.165) is 31.8 Å². The van der Waals surface area contributed by atoms with E-state index in [-0.39, 0.29) is 0 Å². The van der Waals surface area contributed by atoms with E-state index in [9.17, 15) is 0 Å². The second-order valence-corrected chi connectivity index (χ2v) is 5.19. The molecule has 0 radical (unpaired) electrons. The smallest absolute Gasteiger partial charge is 0.165 e. The maximum Gasteiger partial charge on any atom is 0.165 e. The van der Waals surface area contributed by atoms with Crippen molar-refractivity contribution in [3.8, 4) is 0 Å². The van der Waals surface area contributed by atoms with Crippen LogP contribution in [0.2, 0.25) is 0 Å².